The number of carbonyl (C=O) groups excluding carboxylic acids is 3. The van der Waals surface area contributed by atoms with Crippen molar-refractivity contribution >= 4 is 23.5 Å². The molecule has 1 heterocycles. The lowest BCUT2D eigenvalue weighted by molar-refractivity contribution is -0.201. The first-order chi connectivity index (χ1) is 12.0. The molecular weight excluding hydrogens is 351 g/mol. The maximum absolute atomic E-state index is 13.7. The van der Waals surface area contributed by atoms with Crippen LogP contribution in [0.15, 0.2) is 18.2 Å². The smallest absolute Gasteiger partial charge is 0.318 e. The molecule has 0 aliphatic carbocycles. The summed E-state index contributed by atoms with van der Waals surface area (Å²) in [6.45, 7) is 5.27. The Bertz CT molecular complexity index is 749. The maximum atomic E-state index is 13.7. The normalized spacial score (nSPS) is 20.3. The number of carbonyl (C=O) groups is 3. The third kappa shape index (κ3) is 3.38. The van der Waals surface area contributed by atoms with Crippen LogP contribution in [-0.2, 0) is 9.59 Å². The van der Waals surface area contributed by atoms with Crippen molar-refractivity contribution in [3.05, 3.63) is 29.3 Å². The minimum atomic E-state index is -5.20. The van der Waals surface area contributed by atoms with Gasteiger partial charge in [0.25, 0.3) is 11.6 Å². The summed E-state index contributed by atoms with van der Waals surface area (Å²) in [4.78, 5) is 37.1. The third-order valence-electron chi connectivity index (χ3n) is 4.28. The fourth-order valence-electron chi connectivity index (χ4n) is 2.59. The number of hydrogen-bond acceptors (Lipinski definition) is 3. The van der Waals surface area contributed by atoms with Gasteiger partial charge in [-0.05, 0) is 43.5 Å². The molecule has 1 aromatic rings. The van der Waals surface area contributed by atoms with Gasteiger partial charge in [0.15, 0.2) is 0 Å². The molecule has 0 bridgehead atoms. The molecule has 1 aliphatic rings. The van der Waals surface area contributed by atoms with Gasteiger partial charge in [0.05, 0.1) is 5.69 Å². The molecular formula is C17H20F3N3O3. The Morgan fingerprint density at radius 3 is 2.42 bits per heavy atom. The number of hydrogen-bond donors (Lipinski definition) is 2. The molecule has 0 spiro atoms. The summed E-state index contributed by atoms with van der Waals surface area (Å²) in [7, 11) is 0. The van der Waals surface area contributed by atoms with Crippen molar-refractivity contribution in [3.8, 4) is 0 Å². The van der Waals surface area contributed by atoms with Crippen LogP contribution >= 0.6 is 0 Å². The van der Waals surface area contributed by atoms with Crippen LogP contribution in [0.1, 0.15) is 37.3 Å². The number of halogens is 3. The lowest BCUT2D eigenvalue weighted by Gasteiger charge is -2.29. The Balaban J connectivity index is 2.42. The first-order valence-corrected chi connectivity index (χ1v) is 8.15. The zero-order valence-corrected chi connectivity index (χ0v) is 14.7. The van der Waals surface area contributed by atoms with Gasteiger partial charge in [0.2, 0.25) is 5.91 Å². The van der Waals surface area contributed by atoms with Crippen LogP contribution < -0.4 is 15.5 Å². The monoisotopic (exact) mass is 371 g/mol. The molecule has 2 rings (SSSR count). The second-order valence-corrected chi connectivity index (χ2v) is 6.24. The highest BCUT2D eigenvalue weighted by atomic mass is 19.4. The van der Waals surface area contributed by atoms with E-state index in [0.29, 0.717) is 23.3 Å². The summed E-state index contributed by atoms with van der Waals surface area (Å²) in [6.07, 6.45) is -4.42. The van der Waals surface area contributed by atoms with E-state index in [0.717, 1.165) is 5.56 Å². The fourth-order valence-corrected chi connectivity index (χ4v) is 2.59. The summed E-state index contributed by atoms with van der Waals surface area (Å²) >= 11 is 0. The Morgan fingerprint density at radius 2 is 1.88 bits per heavy atom. The van der Waals surface area contributed by atoms with Crippen molar-refractivity contribution in [1.29, 1.82) is 0 Å². The number of nitrogens with one attached hydrogen (secondary N) is 2. The molecule has 1 aliphatic heterocycles. The molecule has 1 atom stereocenters. The highest BCUT2D eigenvalue weighted by Gasteiger charge is 2.69. The van der Waals surface area contributed by atoms with Gasteiger partial charge in [0.1, 0.15) is 0 Å². The Kier molecular flexibility index (Phi) is 5.29. The van der Waals surface area contributed by atoms with E-state index < -0.39 is 29.7 Å². The van der Waals surface area contributed by atoms with Gasteiger partial charge >= 0.3 is 12.2 Å². The zero-order valence-electron chi connectivity index (χ0n) is 14.7. The van der Waals surface area contributed by atoms with E-state index in [1.165, 1.54) is 12.1 Å². The van der Waals surface area contributed by atoms with Crippen LogP contribution in [-0.4, -0.2) is 29.7 Å². The van der Waals surface area contributed by atoms with Crippen molar-refractivity contribution in [2.75, 3.05) is 4.90 Å². The number of imide groups is 1. The Labute approximate surface area is 148 Å². The van der Waals surface area contributed by atoms with Crippen LogP contribution in [0.3, 0.4) is 0 Å². The molecule has 0 aromatic heterocycles. The van der Waals surface area contributed by atoms with Crippen LogP contribution in [0, 0.1) is 13.8 Å². The molecule has 9 heteroatoms. The minimum Gasteiger partial charge on any atom is -0.318 e. The summed E-state index contributed by atoms with van der Waals surface area (Å²) < 4.78 is 41.0. The van der Waals surface area contributed by atoms with E-state index in [1.54, 1.807) is 37.5 Å². The van der Waals surface area contributed by atoms with Gasteiger partial charge in [-0.25, -0.2) is 9.69 Å². The van der Waals surface area contributed by atoms with Crippen molar-refractivity contribution < 1.29 is 27.6 Å². The van der Waals surface area contributed by atoms with Gasteiger partial charge in [0, 0.05) is 6.42 Å². The molecule has 1 fully saturated rings. The number of rotatable bonds is 5. The van der Waals surface area contributed by atoms with E-state index >= 15 is 0 Å². The zero-order chi connectivity index (χ0) is 19.7. The van der Waals surface area contributed by atoms with Gasteiger partial charge in [-0.1, -0.05) is 19.4 Å². The lowest BCUT2D eigenvalue weighted by atomic mass is 10.1. The third-order valence-corrected chi connectivity index (χ3v) is 4.28. The highest BCUT2D eigenvalue weighted by molar-refractivity contribution is 6.24. The van der Waals surface area contributed by atoms with Crippen LogP contribution in [0.4, 0.5) is 23.7 Å². The number of nitrogens with zero attached hydrogens (tertiary/aromatic N) is 1. The minimum absolute atomic E-state index is 0.00420. The van der Waals surface area contributed by atoms with Crippen molar-refractivity contribution in [2.45, 2.75) is 51.9 Å². The van der Waals surface area contributed by atoms with E-state index in [-0.39, 0.29) is 12.1 Å². The fraction of sp³-hybridized carbons (Fsp3) is 0.471. The number of benzene rings is 1. The first kappa shape index (κ1) is 19.7. The molecule has 1 aromatic carbocycles. The quantitative estimate of drug-likeness (QED) is 0.781. The molecule has 142 valence electrons. The summed E-state index contributed by atoms with van der Waals surface area (Å²) in [5, 5.41) is 3.31. The van der Waals surface area contributed by atoms with Crippen LogP contribution in [0.5, 0.6) is 0 Å². The van der Waals surface area contributed by atoms with E-state index in [4.69, 9.17) is 0 Å². The molecule has 1 saturated heterocycles. The number of unbranched alkanes of at least 4 members (excludes halogenated alkanes) is 1. The summed E-state index contributed by atoms with van der Waals surface area (Å²) in [6, 6.07) is 3.17. The van der Waals surface area contributed by atoms with E-state index in [9.17, 15) is 27.6 Å². The standard InChI is InChI=1S/C17H20F3N3O3/c1-4-5-6-13(24)21-16(17(18,19)20)14(25)23(15(26)22-16)12-8-7-10(2)11(3)9-12/h7-9H,4-6H2,1-3H3,(H,21,24)(H,22,26). The van der Waals surface area contributed by atoms with Gasteiger partial charge in [-0.15, -0.1) is 0 Å². The molecule has 0 saturated carbocycles. The second-order valence-electron chi connectivity index (χ2n) is 6.24. The Morgan fingerprint density at radius 1 is 1.23 bits per heavy atom. The summed E-state index contributed by atoms with van der Waals surface area (Å²) in [5.41, 5.74) is -1.90. The van der Waals surface area contributed by atoms with E-state index in [1.807, 2.05) is 0 Å². The Hall–Kier alpha value is -2.58. The number of amides is 4. The average Bonchev–Trinajstić information content (AvgIpc) is 2.79. The van der Waals surface area contributed by atoms with Gasteiger partial charge < -0.3 is 5.32 Å². The van der Waals surface area contributed by atoms with Crippen molar-refractivity contribution in [3.63, 3.8) is 0 Å². The summed E-state index contributed by atoms with van der Waals surface area (Å²) in [5.74, 6) is -2.54. The molecule has 6 nitrogen and oxygen atoms in total. The SMILES string of the molecule is CCCCC(=O)NC1(C(F)(F)F)NC(=O)N(c2ccc(C)c(C)c2)C1=O. The topological polar surface area (TPSA) is 78.5 Å². The number of alkyl halides is 3. The lowest BCUT2D eigenvalue weighted by Crippen LogP contribution is -2.69. The second kappa shape index (κ2) is 6.97. The molecule has 1 unspecified atom stereocenters. The predicted molar refractivity (Wildman–Crippen MR) is 88.4 cm³/mol. The molecule has 4 amide bonds. The molecule has 0 radical (unpaired) electrons. The van der Waals surface area contributed by atoms with Gasteiger partial charge in [-0.2, -0.15) is 13.2 Å². The van der Waals surface area contributed by atoms with E-state index in [2.05, 4.69) is 0 Å². The average molecular weight is 371 g/mol. The number of urea groups is 1. The van der Waals surface area contributed by atoms with Crippen LogP contribution in [0.2, 0.25) is 0 Å². The first-order valence-electron chi connectivity index (χ1n) is 8.15. The predicted octanol–water partition coefficient (Wildman–Crippen LogP) is 2.92. The van der Waals surface area contributed by atoms with Crippen molar-refractivity contribution in [1.82, 2.24) is 10.6 Å². The number of anilines is 1. The van der Waals surface area contributed by atoms with Crippen LogP contribution in [0.25, 0.3) is 0 Å². The molecule has 26 heavy (non-hydrogen) atoms. The molecule has 2 N–H and O–H groups in total. The van der Waals surface area contributed by atoms with Gasteiger partial charge in [-0.3, -0.25) is 14.9 Å². The maximum Gasteiger partial charge on any atom is 0.440 e. The number of aryl methyl sites for hydroxylation is 2. The largest absolute Gasteiger partial charge is 0.440 e. The van der Waals surface area contributed by atoms with Crippen molar-refractivity contribution in [2.24, 2.45) is 0 Å². The highest BCUT2D eigenvalue weighted by Crippen LogP contribution is 2.36.